The lowest BCUT2D eigenvalue weighted by Crippen LogP contribution is -2.30. The van der Waals surface area contributed by atoms with Crippen LogP contribution in [0.2, 0.25) is 0 Å². The topological polar surface area (TPSA) is 105 Å². The molecule has 0 unspecified atom stereocenters. The number of rotatable bonds is 12. The van der Waals surface area contributed by atoms with E-state index in [1.807, 2.05) is 41.1 Å². The monoisotopic (exact) mass is 576 g/mol. The molecule has 0 aliphatic carbocycles. The van der Waals surface area contributed by atoms with Gasteiger partial charge in [-0.25, -0.2) is 21.9 Å². The van der Waals surface area contributed by atoms with Gasteiger partial charge in [0.25, 0.3) is 10.0 Å². The maximum Gasteiger partial charge on any atom is 0.264 e. The van der Waals surface area contributed by atoms with Crippen LogP contribution < -0.4 is 14.2 Å². The zero-order valence-electron chi connectivity index (χ0n) is 21.8. The second-order valence-corrected chi connectivity index (χ2v) is 10.7. The average molecular weight is 577 g/mol. The summed E-state index contributed by atoms with van der Waals surface area (Å²) in [4.78, 5) is 11.9. The van der Waals surface area contributed by atoms with Gasteiger partial charge in [0.05, 0.1) is 23.1 Å². The molecule has 0 aliphatic rings. The van der Waals surface area contributed by atoms with Crippen molar-refractivity contribution in [2.45, 2.75) is 30.8 Å². The van der Waals surface area contributed by atoms with Crippen molar-refractivity contribution in [3.05, 3.63) is 125 Å². The number of benzene rings is 4. The summed E-state index contributed by atoms with van der Waals surface area (Å²) >= 11 is 0. The Kier molecular flexibility index (Phi) is 9.66. The zero-order valence-corrected chi connectivity index (χ0v) is 22.7. The molecule has 0 bridgehead atoms. The molecule has 1 amide bonds. The molecule has 10 heteroatoms. The van der Waals surface area contributed by atoms with E-state index in [-0.39, 0.29) is 19.4 Å². The van der Waals surface area contributed by atoms with E-state index in [4.69, 9.17) is 14.7 Å². The van der Waals surface area contributed by atoms with Crippen molar-refractivity contribution in [1.82, 2.24) is 4.72 Å². The number of nitrogens with zero attached hydrogens (tertiary/aromatic N) is 1. The molecule has 0 heterocycles. The summed E-state index contributed by atoms with van der Waals surface area (Å²) in [6, 6.07) is 26.1. The third-order valence-corrected chi connectivity index (χ3v) is 7.43. The minimum Gasteiger partial charge on any atom is -0.493 e. The first-order chi connectivity index (χ1) is 19.7. The molecule has 0 fully saturated rings. The van der Waals surface area contributed by atoms with Gasteiger partial charge in [-0.2, -0.15) is 5.26 Å². The minimum absolute atomic E-state index is 0.158. The molecule has 0 aromatic heterocycles. The van der Waals surface area contributed by atoms with Crippen LogP contribution in [-0.4, -0.2) is 20.9 Å². The van der Waals surface area contributed by atoms with Crippen LogP contribution in [0.4, 0.5) is 8.78 Å². The largest absolute Gasteiger partial charge is 0.493 e. The molecule has 0 saturated heterocycles. The number of ether oxygens (including phenoxy) is 2. The Morgan fingerprint density at radius 3 is 2.39 bits per heavy atom. The fourth-order valence-electron chi connectivity index (χ4n) is 3.93. The number of halogens is 2. The molecule has 0 aliphatic heterocycles. The van der Waals surface area contributed by atoms with Gasteiger partial charge in [0, 0.05) is 12.8 Å². The molecule has 0 saturated carbocycles. The highest BCUT2D eigenvalue weighted by Crippen LogP contribution is 2.24. The summed E-state index contributed by atoms with van der Waals surface area (Å²) in [6.45, 7) is 0.569. The highest BCUT2D eigenvalue weighted by molar-refractivity contribution is 7.90. The van der Waals surface area contributed by atoms with Crippen LogP contribution in [0, 0.1) is 23.0 Å². The van der Waals surface area contributed by atoms with E-state index >= 15 is 0 Å². The van der Waals surface area contributed by atoms with Gasteiger partial charge >= 0.3 is 0 Å². The van der Waals surface area contributed by atoms with Gasteiger partial charge in [-0.3, -0.25) is 4.79 Å². The standard InChI is InChI=1S/C31H26F2N2O5S/c32-28-13-12-27(19-29(28)33)41(37,38)35-31(36)14-11-25-10-9-24(21-40-26-8-4-7-23(17-26)20-34)18-30(25)39-16-15-22-5-2-1-3-6-22/h1-10,12-13,17-19H,11,14-16,21H2,(H,35,36). The predicted molar refractivity (Wildman–Crippen MR) is 148 cm³/mol. The molecule has 1 N–H and O–H groups in total. The van der Waals surface area contributed by atoms with Gasteiger partial charge in [0.1, 0.15) is 18.1 Å². The number of carbonyl (C=O) groups excluding carboxylic acids is 1. The van der Waals surface area contributed by atoms with Crippen LogP contribution in [0.25, 0.3) is 0 Å². The number of hydrogen-bond donors (Lipinski definition) is 1. The van der Waals surface area contributed by atoms with Crippen LogP contribution in [-0.2, 0) is 34.3 Å². The Bertz CT molecular complexity index is 1670. The first-order valence-electron chi connectivity index (χ1n) is 12.7. The summed E-state index contributed by atoms with van der Waals surface area (Å²) in [5, 5.41) is 9.10. The maximum atomic E-state index is 13.5. The van der Waals surface area contributed by atoms with Crippen LogP contribution in [0.1, 0.15) is 28.7 Å². The SMILES string of the molecule is N#Cc1cccc(OCc2ccc(CCC(=O)NS(=O)(=O)c3ccc(F)c(F)c3)c(OCCc3ccccc3)c2)c1. The molecule has 41 heavy (non-hydrogen) atoms. The van der Waals surface area contributed by atoms with Gasteiger partial charge < -0.3 is 9.47 Å². The van der Waals surface area contributed by atoms with Crippen LogP contribution in [0.5, 0.6) is 11.5 Å². The van der Waals surface area contributed by atoms with E-state index in [0.717, 1.165) is 17.2 Å². The number of aryl methyl sites for hydroxylation is 1. The third-order valence-electron chi connectivity index (χ3n) is 6.06. The van der Waals surface area contributed by atoms with Crippen molar-refractivity contribution in [2.24, 2.45) is 0 Å². The van der Waals surface area contributed by atoms with Gasteiger partial charge in [-0.05, 0) is 65.6 Å². The van der Waals surface area contributed by atoms with Gasteiger partial charge in [-0.1, -0.05) is 48.5 Å². The van der Waals surface area contributed by atoms with Gasteiger partial charge in [-0.15, -0.1) is 0 Å². The summed E-state index contributed by atoms with van der Waals surface area (Å²) in [5.74, 6) is -2.28. The number of amides is 1. The second kappa shape index (κ2) is 13.5. The van der Waals surface area contributed by atoms with Crippen molar-refractivity contribution in [2.75, 3.05) is 6.61 Å². The molecule has 4 aromatic carbocycles. The molecule has 7 nitrogen and oxygen atoms in total. The van der Waals surface area contributed by atoms with Crippen molar-refractivity contribution in [3.63, 3.8) is 0 Å². The fourth-order valence-corrected chi connectivity index (χ4v) is 4.95. The highest BCUT2D eigenvalue weighted by Gasteiger charge is 2.20. The first-order valence-corrected chi connectivity index (χ1v) is 14.1. The molecule has 4 rings (SSSR count). The summed E-state index contributed by atoms with van der Waals surface area (Å²) in [7, 11) is -4.38. The summed E-state index contributed by atoms with van der Waals surface area (Å²) in [5.41, 5.74) is 3.03. The van der Waals surface area contributed by atoms with Crippen molar-refractivity contribution in [1.29, 1.82) is 5.26 Å². The molecule has 0 spiro atoms. The number of hydrogen-bond acceptors (Lipinski definition) is 6. The number of sulfonamides is 1. The van der Waals surface area contributed by atoms with Gasteiger partial charge in [0.2, 0.25) is 5.91 Å². The van der Waals surface area contributed by atoms with Crippen molar-refractivity contribution >= 4 is 15.9 Å². The predicted octanol–water partition coefficient (Wildman–Crippen LogP) is 5.47. The fraction of sp³-hybridized carbons (Fsp3) is 0.161. The summed E-state index contributed by atoms with van der Waals surface area (Å²) in [6.07, 6.45) is 0.606. The molecule has 4 aromatic rings. The minimum atomic E-state index is -4.38. The van der Waals surface area contributed by atoms with E-state index in [1.54, 1.807) is 36.4 Å². The summed E-state index contributed by atoms with van der Waals surface area (Å²) < 4.78 is 65.4. The molecular formula is C31H26F2N2O5S. The Morgan fingerprint density at radius 2 is 1.63 bits per heavy atom. The van der Waals surface area contributed by atoms with Crippen molar-refractivity contribution < 1.29 is 31.5 Å². The average Bonchev–Trinajstić information content (AvgIpc) is 2.97. The maximum absolute atomic E-state index is 13.5. The second-order valence-electron chi connectivity index (χ2n) is 9.06. The van der Waals surface area contributed by atoms with E-state index in [9.17, 15) is 22.0 Å². The number of nitriles is 1. The lowest BCUT2D eigenvalue weighted by atomic mass is 10.1. The number of carbonyl (C=O) groups is 1. The van der Waals surface area contributed by atoms with Crippen LogP contribution in [0.15, 0.2) is 95.9 Å². The Labute approximate surface area is 237 Å². The van der Waals surface area contributed by atoms with Crippen LogP contribution >= 0.6 is 0 Å². The quantitative estimate of drug-likeness (QED) is 0.240. The molecular weight excluding hydrogens is 550 g/mol. The molecule has 210 valence electrons. The van der Waals surface area contributed by atoms with E-state index in [1.165, 1.54) is 0 Å². The molecule has 0 atom stereocenters. The normalized spacial score (nSPS) is 11.0. The highest BCUT2D eigenvalue weighted by atomic mass is 32.2. The lowest BCUT2D eigenvalue weighted by Gasteiger charge is -2.14. The Balaban J connectivity index is 1.44. The van der Waals surface area contributed by atoms with E-state index in [2.05, 4.69) is 6.07 Å². The first kappa shape index (κ1) is 29.2. The zero-order chi connectivity index (χ0) is 29.2. The molecule has 0 radical (unpaired) electrons. The smallest absolute Gasteiger partial charge is 0.264 e. The Morgan fingerprint density at radius 1 is 0.829 bits per heavy atom. The Hall–Kier alpha value is -4.75. The number of nitrogens with one attached hydrogen (secondary N) is 1. The van der Waals surface area contributed by atoms with Crippen LogP contribution in [0.3, 0.4) is 0 Å². The lowest BCUT2D eigenvalue weighted by molar-refractivity contribution is -0.119. The van der Waals surface area contributed by atoms with E-state index in [0.29, 0.717) is 47.8 Å². The van der Waals surface area contributed by atoms with Gasteiger partial charge in [0.15, 0.2) is 11.6 Å². The van der Waals surface area contributed by atoms with E-state index < -0.39 is 32.5 Å². The van der Waals surface area contributed by atoms with Crippen molar-refractivity contribution in [3.8, 4) is 17.6 Å². The third kappa shape index (κ3) is 8.37.